The van der Waals surface area contributed by atoms with Gasteiger partial charge in [0.05, 0.1) is 46.9 Å². The quantitative estimate of drug-likeness (QED) is 0.216. The van der Waals surface area contributed by atoms with E-state index in [9.17, 15) is 24.6 Å². The summed E-state index contributed by atoms with van der Waals surface area (Å²) < 4.78 is 0.471. The molecule has 0 radical (unpaired) electrons. The van der Waals surface area contributed by atoms with Crippen LogP contribution in [0.2, 0.25) is 0 Å². The summed E-state index contributed by atoms with van der Waals surface area (Å²) >= 11 is 0. The molecular formula is C20H34N2O9. The molecule has 0 heterocycles. The van der Waals surface area contributed by atoms with E-state index in [-0.39, 0.29) is 19.7 Å². The van der Waals surface area contributed by atoms with E-state index in [2.05, 4.69) is 5.32 Å². The molecule has 0 aliphatic carbocycles. The molecule has 0 saturated carbocycles. The van der Waals surface area contributed by atoms with Gasteiger partial charge >= 0.3 is 11.9 Å². The summed E-state index contributed by atoms with van der Waals surface area (Å²) in [5.74, 6) is -3.36. The first kappa shape index (κ1) is 30.6. The topological polar surface area (TPSA) is 187 Å². The van der Waals surface area contributed by atoms with Crippen LogP contribution in [0.15, 0.2) is 30.3 Å². The van der Waals surface area contributed by atoms with Crippen molar-refractivity contribution in [2.45, 2.75) is 25.0 Å². The molecule has 11 nitrogen and oxygen atoms in total. The van der Waals surface area contributed by atoms with E-state index in [1.54, 1.807) is 24.3 Å². The predicted octanol–water partition coefficient (Wildman–Crippen LogP) is -2.17. The highest BCUT2D eigenvalue weighted by Crippen LogP contribution is 2.26. The maximum atomic E-state index is 10.8. The Kier molecular flexibility index (Phi) is 15.1. The van der Waals surface area contributed by atoms with Gasteiger partial charge in [0.15, 0.2) is 0 Å². The van der Waals surface area contributed by atoms with Gasteiger partial charge < -0.3 is 39.9 Å². The van der Waals surface area contributed by atoms with Crippen LogP contribution in [0, 0.1) is 0 Å². The Morgan fingerprint density at radius 3 is 1.77 bits per heavy atom. The van der Waals surface area contributed by atoms with Crippen LogP contribution in [-0.2, 0) is 20.0 Å². The SMILES string of the molecule is CC(O)CO.C[N+](C)(C)CC(O)(CC(=O)[O-])c1ccccc1.O=C(O)CNCC(=O)O. The number of carbonyl (C=O) groups is 3. The predicted molar refractivity (Wildman–Crippen MR) is 110 cm³/mol. The molecule has 1 rings (SSSR count). The van der Waals surface area contributed by atoms with Crippen LogP contribution in [0.4, 0.5) is 0 Å². The second kappa shape index (κ2) is 15.3. The highest BCUT2D eigenvalue weighted by molar-refractivity contribution is 5.72. The summed E-state index contributed by atoms with van der Waals surface area (Å²) in [6.07, 6.45) is -0.956. The first-order valence-corrected chi connectivity index (χ1v) is 9.34. The van der Waals surface area contributed by atoms with Crippen LogP contribution in [0.3, 0.4) is 0 Å². The third-order valence-corrected chi connectivity index (χ3v) is 3.30. The molecule has 1 aromatic carbocycles. The first-order chi connectivity index (χ1) is 14.1. The van der Waals surface area contributed by atoms with Gasteiger partial charge in [-0.05, 0) is 12.5 Å². The molecule has 0 fully saturated rings. The Hall–Kier alpha value is -2.57. The van der Waals surface area contributed by atoms with E-state index < -0.39 is 36.0 Å². The number of nitrogens with one attached hydrogen (secondary N) is 1. The number of quaternary nitrogens is 1. The molecule has 0 aromatic heterocycles. The van der Waals surface area contributed by atoms with Gasteiger partial charge in [0.1, 0.15) is 12.1 Å². The zero-order valence-corrected chi connectivity index (χ0v) is 18.3. The van der Waals surface area contributed by atoms with E-state index >= 15 is 0 Å². The van der Waals surface area contributed by atoms with Gasteiger partial charge in [-0.25, -0.2) is 0 Å². The van der Waals surface area contributed by atoms with Crippen molar-refractivity contribution in [2.24, 2.45) is 0 Å². The Morgan fingerprint density at radius 1 is 1.06 bits per heavy atom. The first-order valence-electron chi connectivity index (χ1n) is 9.34. The van der Waals surface area contributed by atoms with Crippen LogP contribution in [-0.4, -0.2) is 101 Å². The number of benzene rings is 1. The van der Waals surface area contributed by atoms with Crippen molar-refractivity contribution < 1.29 is 49.5 Å². The van der Waals surface area contributed by atoms with Crippen molar-refractivity contribution >= 4 is 17.9 Å². The zero-order chi connectivity index (χ0) is 24.7. The highest BCUT2D eigenvalue weighted by Gasteiger charge is 2.35. The van der Waals surface area contributed by atoms with Crippen molar-refractivity contribution in [2.75, 3.05) is 47.4 Å². The lowest BCUT2D eigenvalue weighted by Gasteiger charge is -2.36. The molecule has 0 amide bonds. The monoisotopic (exact) mass is 446 g/mol. The second-order valence-corrected chi connectivity index (χ2v) is 7.82. The number of aliphatic hydroxyl groups excluding tert-OH is 2. The van der Waals surface area contributed by atoms with Crippen molar-refractivity contribution in [1.82, 2.24) is 5.32 Å². The number of carboxylic acids is 3. The second-order valence-electron chi connectivity index (χ2n) is 7.82. The molecule has 2 unspecified atom stereocenters. The fraction of sp³-hybridized carbons (Fsp3) is 0.550. The van der Waals surface area contributed by atoms with Gasteiger partial charge in [-0.3, -0.25) is 14.9 Å². The van der Waals surface area contributed by atoms with Crippen LogP contribution in [0.1, 0.15) is 18.9 Å². The fourth-order valence-electron chi connectivity index (χ4n) is 2.30. The summed E-state index contributed by atoms with van der Waals surface area (Å²) in [5.41, 5.74) is -0.782. The maximum absolute atomic E-state index is 10.8. The molecule has 0 saturated heterocycles. The number of likely N-dealkylation sites (N-methyl/N-ethyl adjacent to an activating group) is 1. The molecule has 2 atom stereocenters. The van der Waals surface area contributed by atoms with E-state index in [1.165, 1.54) is 6.92 Å². The fourth-order valence-corrected chi connectivity index (χ4v) is 2.30. The Labute approximate surface area is 181 Å². The van der Waals surface area contributed by atoms with Crippen molar-refractivity contribution in [1.29, 1.82) is 0 Å². The molecule has 178 valence electrons. The molecule has 31 heavy (non-hydrogen) atoms. The number of hydrogen-bond acceptors (Lipinski definition) is 8. The lowest BCUT2D eigenvalue weighted by molar-refractivity contribution is -0.878. The highest BCUT2D eigenvalue weighted by atomic mass is 16.4. The number of carbonyl (C=O) groups excluding carboxylic acids is 1. The summed E-state index contributed by atoms with van der Waals surface area (Å²) in [7, 11) is 5.72. The molecule has 0 aliphatic rings. The lowest BCUT2D eigenvalue weighted by atomic mass is 9.89. The summed E-state index contributed by atoms with van der Waals surface area (Å²) in [6, 6.07) is 8.86. The zero-order valence-electron chi connectivity index (χ0n) is 18.3. The minimum Gasteiger partial charge on any atom is -0.550 e. The number of rotatable bonds is 10. The molecule has 6 N–H and O–H groups in total. The lowest BCUT2D eigenvalue weighted by Crippen LogP contribution is -2.49. The van der Waals surface area contributed by atoms with Gasteiger partial charge in [0.25, 0.3) is 0 Å². The Bertz CT molecular complexity index is 646. The molecular weight excluding hydrogens is 412 g/mol. The number of aliphatic hydroxyl groups is 3. The molecule has 0 bridgehead atoms. The molecule has 11 heteroatoms. The van der Waals surface area contributed by atoms with Gasteiger partial charge in [0.2, 0.25) is 0 Å². The van der Waals surface area contributed by atoms with Gasteiger partial charge in [-0.1, -0.05) is 30.3 Å². The van der Waals surface area contributed by atoms with Gasteiger partial charge in [-0.15, -0.1) is 0 Å². The largest absolute Gasteiger partial charge is 0.550 e. The molecule has 0 aliphatic heterocycles. The summed E-state index contributed by atoms with van der Waals surface area (Å²) in [4.78, 5) is 30.2. The van der Waals surface area contributed by atoms with Crippen molar-refractivity contribution in [3.05, 3.63) is 35.9 Å². The maximum Gasteiger partial charge on any atom is 0.317 e. The summed E-state index contributed by atoms with van der Waals surface area (Å²) in [5, 5.41) is 55.5. The van der Waals surface area contributed by atoms with Crippen LogP contribution in [0.5, 0.6) is 0 Å². The Morgan fingerprint density at radius 2 is 1.48 bits per heavy atom. The number of nitrogens with zero attached hydrogens (tertiary/aromatic N) is 1. The van der Waals surface area contributed by atoms with Crippen molar-refractivity contribution in [3.63, 3.8) is 0 Å². The van der Waals surface area contributed by atoms with Crippen LogP contribution < -0.4 is 10.4 Å². The standard InChI is InChI=1S/C13H19NO3.C4H7NO4.C3H8O2/c1-14(2,3)10-13(17,9-12(15)16)11-7-5-4-6-8-11;6-3(7)1-5-2-4(8)9;1-3(5)2-4/h4-8,17H,9-10H2,1-3H3;5H,1-2H2,(H,6,7)(H,8,9);3-5H,2H2,1H3. The van der Waals surface area contributed by atoms with Crippen molar-refractivity contribution in [3.8, 4) is 0 Å². The van der Waals surface area contributed by atoms with E-state index in [0.717, 1.165) is 0 Å². The average Bonchev–Trinajstić information content (AvgIpc) is 2.60. The minimum absolute atomic E-state index is 0.139. The number of carboxylic acid groups (broad SMARTS) is 3. The average molecular weight is 446 g/mol. The number of hydrogen-bond donors (Lipinski definition) is 6. The van der Waals surface area contributed by atoms with E-state index in [1.807, 2.05) is 27.2 Å². The van der Waals surface area contributed by atoms with Gasteiger partial charge in [0, 0.05) is 12.4 Å². The van der Waals surface area contributed by atoms with Crippen LogP contribution in [0.25, 0.3) is 0 Å². The number of aliphatic carboxylic acids is 3. The molecule has 1 aromatic rings. The normalized spacial score (nSPS) is 13.4. The van der Waals surface area contributed by atoms with E-state index in [0.29, 0.717) is 16.6 Å². The Balaban J connectivity index is 0. The minimum atomic E-state index is -1.39. The van der Waals surface area contributed by atoms with Crippen LogP contribution >= 0.6 is 0 Å². The third-order valence-electron chi connectivity index (χ3n) is 3.30. The van der Waals surface area contributed by atoms with Gasteiger partial charge in [-0.2, -0.15) is 0 Å². The van der Waals surface area contributed by atoms with E-state index in [4.69, 9.17) is 20.4 Å². The smallest absolute Gasteiger partial charge is 0.317 e. The summed E-state index contributed by atoms with van der Waals surface area (Å²) in [6.45, 7) is 1.07. The molecule has 0 spiro atoms. The third kappa shape index (κ3) is 19.2.